The van der Waals surface area contributed by atoms with Gasteiger partial charge in [-0.05, 0) is 5.92 Å². The van der Waals surface area contributed by atoms with E-state index in [4.69, 9.17) is 0 Å². The highest BCUT2D eigenvalue weighted by molar-refractivity contribution is 5.80. The van der Waals surface area contributed by atoms with E-state index in [1.165, 1.54) is 12.7 Å². The predicted molar refractivity (Wildman–Crippen MR) is 86.8 cm³/mol. The summed E-state index contributed by atoms with van der Waals surface area (Å²) in [6.07, 6.45) is 2.35. The van der Waals surface area contributed by atoms with E-state index >= 15 is 0 Å². The number of hydrogen-bond acceptors (Lipinski definition) is 4. The molecular weight excluding hydrogens is 282 g/mol. The Labute approximate surface area is 132 Å². The first-order valence-electron chi connectivity index (χ1n) is 7.40. The van der Waals surface area contributed by atoms with Crippen LogP contribution in [0.4, 0.5) is 0 Å². The van der Waals surface area contributed by atoms with E-state index < -0.39 is 0 Å². The Hall–Kier alpha value is -2.05. The van der Waals surface area contributed by atoms with Crippen molar-refractivity contribution in [1.29, 1.82) is 0 Å². The van der Waals surface area contributed by atoms with E-state index in [1.54, 1.807) is 7.05 Å². The second-order valence-corrected chi connectivity index (χ2v) is 5.52. The second-order valence-electron chi connectivity index (χ2n) is 5.52. The number of hydrogen-bond donors (Lipinski definition) is 1. The van der Waals surface area contributed by atoms with Crippen molar-refractivity contribution in [3.63, 3.8) is 0 Å². The molecule has 0 saturated carbocycles. The van der Waals surface area contributed by atoms with Crippen LogP contribution in [0.1, 0.15) is 37.4 Å². The second kappa shape index (κ2) is 8.41. The molecule has 0 bridgehead atoms. The van der Waals surface area contributed by atoms with Gasteiger partial charge >= 0.3 is 5.97 Å². The highest BCUT2D eigenvalue weighted by Crippen LogP contribution is 2.18. The van der Waals surface area contributed by atoms with Gasteiger partial charge in [0, 0.05) is 46.0 Å². The van der Waals surface area contributed by atoms with Crippen molar-refractivity contribution in [2.24, 2.45) is 12.0 Å². The lowest BCUT2D eigenvalue weighted by atomic mass is 10.1. The molecule has 0 aromatic carbocycles. The molecule has 0 saturated heterocycles. The van der Waals surface area contributed by atoms with Gasteiger partial charge in [0.1, 0.15) is 0 Å². The molecule has 0 unspecified atom stereocenters. The number of aryl methyl sites for hydroxylation is 1. The molecule has 22 heavy (non-hydrogen) atoms. The fourth-order valence-corrected chi connectivity index (χ4v) is 2.26. The number of nitrogens with zero attached hydrogens (tertiary/aromatic N) is 4. The molecule has 1 N–H and O–H groups in total. The number of carbonyl (C=O) groups is 1. The smallest absolute Gasteiger partial charge is 0.307 e. The highest BCUT2D eigenvalue weighted by atomic mass is 16.5. The topological polar surface area (TPSA) is 71.8 Å². The van der Waals surface area contributed by atoms with Crippen LogP contribution in [0, 0.1) is 0 Å². The van der Waals surface area contributed by atoms with Crippen LogP contribution in [0.5, 0.6) is 0 Å². The average molecular weight is 309 g/mol. The van der Waals surface area contributed by atoms with E-state index in [9.17, 15) is 4.79 Å². The molecule has 7 nitrogen and oxygen atoms in total. The summed E-state index contributed by atoms with van der Waals surface area (Å²) in [5, 5.41) is 7.67. The lowest BCUT2D eigenvalue weighted by molar-refractivity contribution is -0.140. The number of esters is 1. The zero-order valence-corrected chi connectivity index (χ0v) is 14.4. The van der Waals surface area contributed by atoms with E-state index in [-0.39, 0.29) is 5.97 Å². The molecule has 0 aliphatic carbocycles. The number of aliphatic imine (C=N–C) groups is 1. The Morgan fingerprint density at radius 3 is 2.77 bits per heavy atom. The maximum Gasteiger partial charge on any atom is 0.307 e. The van der Waals surface area contributed by atoms with Gasteiger partial charge in [0.2, 0.25) is 0 Å². The molecule has 0 spiro atoms. The minimum atomic E-state index is -0.236. The lowest BCUT2D eigenvalue weighted by Crippen LogP contribution is -2.39. The summed E-state index contributed by atoms with van der Waals surface area (Å²) < 4.78 is 6.46. The fourth-order valence-electron chi connectivity index (χ4n) is 2.26. The van der Waals surface area contributed by atoms with Crippen molar-refractivity contribution >= 4 is 11.9 Å². The molecule has 1 rings (SSSR count). The van der Waals surface area contributed by atoms with Gasteiger partial charge in [-0.25, -0.2) is 0 Å². The predicted octanol–water partition coefficient (Wildman–Crippen LogP) is 1.11. The quantitative estimate of drug-likeness (QED) is 0.484. The van der Waals surface area contributed by atoms with Crippen molar-refractivity contribution in [3.05, 3.63) is 17.5 Å². The summed E-state index contributed by atoms with van der Waals surface area (Å²) in [4.78, 5) is 17.4. The van der Waals surface area contributed by atoms with Crippen LogP contribution in [-0.2, 0) is 23.1 Å². The third-order valence-electron chi connectivity index (χ3n) is 3.30. The summed E-state index contributed by atoms with van der Waals surface area (Å²) in [6.45, 7) is 5.47. The molecular formula is C15H27N5O2. The number of rotatable bonds is 6. The molecule has 124 valence electrons. The third-order valence-corrected chi connectivity index (χ3v) is 3.30. The van der Waals surface area contributed by atoms with Gasteiger partial charge in [0.15, 0.2) is 5.96 Å². The Bertz CT molecular complexity index is 522. The van der Waals surface area contributed by atoms with Crippen LogP contribution < -0.4 is 5.32 Å². The molecule has 7 heteroatoms. The van der Waals surface area contributed by atoms with E-state index in [1.807, 2.05) is 29.9 Å². The zero-order chi connectivity index (χ0) is 16.7. The number of carbonyl (C=O) groups excluding carboxylic acids is 1. The van der Waals surface area contributed by atoms with Gasteiger partial charge in [-0.2, -0.15) is 5.10 Å². The van der Waals surface area contributed by atoms with Gasteiger partial charge in [0.25, 0.3) is 0 Å². The summed E-state index contributed by atoms with van der Waals surface area (Å²) in [5.41, 5.74) is 2.27. The molecule has 0 atom stereocenters. The van der Waals surface area contributed by atoms with Gasteiger partial charge in [-0.3, -0.25) is 14.5 Å². The molecule has 0 aliphatic heterocycles. The van der Waals surface area contributed by atoms with E-state index in [0.29, 0.717) is 25.4 Å². The van der Waals surface area contributed by atoms with Crippen LogP contribution in [0.2, 0.25) is 0 Å². The molecule has 1 heterocycles. The number of ether oxygens (including phenoxy) is 1. The average Bonchev–Trinajstić information content (AvgIpc) is 2.83. The molecule has 1 aromatic heterocycles. The molecule has 1 aromatic rings. The Morgan fingerprint density at radius 2 is 2.23 bits per heavy atom. The van der Waals surface area contributed by atoms with Gasteiger partial charge in [-0.15, -0.1) is 0 Å². The minimum Gasteiger partial charge on any atom is -0.469 e. The lowest BCUT2D eigenvalue weighted by Gasteiger charge is -2.22. The van der Waals surface area contributed by atoms with Crippen LogP contribution in [0.25, 0.3) is 0 Å². The number of aromatic nitrogens is 2. The van der Waals surface area contributed by atoms with Crippen molar-refractivity contribution in [2.75, 3.05) is 27.7 Å². The summed E-state index contributed by atoms with van der Waals surface area (Å²) in [5.74, 6) is 0.876. The third kappa shape index (κ3) is 5.05. The van der Waals surface area contributed by atoms with Crippen LogP contribution in [0.3, 0.4) is 0 Å². The van der Waals surface area contributed by atoms with Crippen molar-refractivity contribution in [2.45, 2.75) is 32.7 Å². The number of nitrogens with one attached hydrogen (secondary N) is 1. The SMILES string of the molecule is CN=C(NCCC(=O)OC)N(C)Cc1cn(C)nc1C(C)C. The molecule has 0 aliphatic rings. The van der Waals surface area contributed by atoms with E-state index in [2.05, 4.69) is 34.0 Å². The Morgan fingerprint density at radius 1 is 1.55 bits per heavy atom. The maximum atomic E-state index is 11.1. The first kappa shape index (κ1) is 18.0. The monoisotopic (exact) mass is 309 g/mol. The van der Waals surface area contributed by atoms with Crippen LogP contribution >= 0.6 is 0 Å². The zero-order valence-electron chi connectivity index (χ0n) is 14.4. The fraction of sp³-hybridized carbons (Fsp3) is 0.667. The van der Waals surface area contributed by atoms with Crippen LogP contribution in [-0.4, -0.2) is 54.4 Å². The normalized spacial score (nSPS) is 11.7. The summed E-state index contributed by atoms with van der Waals surface area (Å²) in [7, 11) is 7.01. The first-order chi connectivity index (χ1) is 10.4. The van der Waals surface area contributed by atoms with E-state index in [0.717, 1.165) is 11.7 Å². The number of methoxy groups -OCH3 is 1. The van der Waals surface area contributed by atoms with Crippen molar-refractivity contribution < 1.29 is 9.53 Å². The standard InChI is InChI=1S/C15H27N5O2/c1-11(2)14-12(10-20(5)18-14)9-19(4)15(16-3)17-8-7-13(21)22-6/h10-11H,7-9H2,1-6H3,(H,16,17). The maximum absolute atomic E-state index is 11.1. The Balaban J connectivity index is 2.66. The van der Waals surface area contributed by atoms with Gasteiger partial charge in [-0.1, -0.05) is 13.8 Å². The molecule has 0 amide bonds. The van der Waals surface area contributed by atoms with Crippen molar-refractivity contribution in [3.8, 4) is 0 Å². The van der Waals surface area contributed by atoms with Gasteiger partial charge < -0.3 is 15.0 Å². The minimum absolute atomic E-state index is 0.236. The molecule has 0 fully saturated rings. The Kier molecular flexibility index (Phi) is 6.88. The summed E-state index contributed by atoms with van der Waals surface area (Å²) in [6, 6.07) is 0. The largest absolute Gasteiger partial charge is 0.469 e. The molecule has 0 radical (unpaired) electrons. The summed E-state index contributed by atoms with van der Waals surface area (Å²) >= 11 is 0. The number of guanidine groups is 1. The van der Waals surface area contributed by atoms with Crippen molar-refractivity contribution in [1.82, 2.24) is 20.0 Å². The highest BCUT2D eigenvalue weighted by Gasteiger charge is 2.15. The van der Waals surface area contributed by atoms with Crippen LogP contribution in [0.15, 0.2) is 11.2 Å². The van der Waals surface area contributed by atoms with Gasteiger partial charge in [0.05, 0.1) is 19.2 Å². The first-order valence-corrected chi connectivity index (χ1v) is 7.40.